The van der Waals surface area contributed by atoms with E-state index in [1.807, 2.05) is 0 Å². The molecule has 0 saturated heterocycles. The maximum atomic E-state index is 12.8. The molecule has 0 spiro atoms. The van der Waals surface area contributed by atoms with Crippen LogP contribution in [0.4, 0.5) is 11.4 Å². The molecule has 238 valence electrons. The van der Waals surface area contributed by atoms with Crippen molar-refractivity contribution >= 4 is 52.3 Å². The largest absolute Gasteiger partial charge is 0.493 e. The highest BCUT2D eigenvalue weighted by atomic mass is 16.5. The summed E-state index contributed by atoms with van der Waals surface area (Å²) in [5.74, 6) is -2.86. The van der Waals surface area contributed by atoms with E-state index in [1.54, 1.807) is 6.08 Å². The van der Waals surface area contributed by atoms with Gasteiger partial charge in [-0.05, 0) is 59.0 Å². The minimum atomic E-state index is -1.26. The Morgan fingerprint density at radius 1 is 0.830 bits per heavy atom. The second-order valence-corrected chi connectivity index (χ2v) is 9.55. The van der Waals surface area contributed by atoms with Gasteiger partial charge < -0.3 is 30.3 Å². The summed E-state index contributed by atoms with van der Waals surface area (Å²) < 4.78 is 12.5. The lowest BCUT2D eigenvalue weighted by Gasteiger charge is -2.16. The molecule has 20 nitrogen and oxygen atoms in total. The van der Waals surface area contributed by atoms with Crippen LogP contribution in [0.2, 0.25) is 0 Å². The number of rotatable bonds is 12. The van der Waals surface area contributed by atoms with Gasteiger partial charge in [0, 0.05) is 18.6 Å². The molecule has 0 atom stereocenters. The lowest BCUT2D eigenvalue weighted by molar-refractivity contribution is -0.110. The van der Waals surface area contributed by atoms with Crippen molar-refractivity contribution in [2.75, 3.05) is 23.8 Å². The fraction of sp³-hybridized carbons (Fsp3) is 0.111. The molecule has 2 aliphatic heterocycles. The van der Waals surface area contributed by atoms with Crippen LogP contribution < -0.4 is 31.2 Å². The Morgan fingerprint density at radius 3 is 2.15 bits per heavy atom. The number of aromatic carboxylic acids is 2. The van der Waals surface area contributed by atoms with Crippen LogP contribution in [0, 0.1) is 0 Å². The molecule has 0 aliphatic carbocycles. The van der Waals surface area contributed by atoms with Crippen molar-refractivity contribution in [1.82, 2.24) is 41.4 Å². The van der Waals surface area contributed by atoms with Gasteiger partial charge in [-0.3, -0.25) is 9.59 Å². The Kier molecular flexibility index (Phi) is 8.29. The van der Waals surface area contributed by atoms with Gasteiger partial charge in [-0.2, -0.15) is 5.12 Å². The number of nitrogens with one attached hydrogen (secondary N) is 4. The summed E-state index contributed by atoms with van der Waals surface area (Å²) in [6.45, 7) is 0.290. The Labute approximate surface area is 262 Å². The van der Waals surface area contributed by atoms with Crippen molar-refractivity contribution in [3.8, 4) is 11.5 Å². The number of amides is 2. The zero-order valence-electron chi connectivity index (χ0n) is 23.8. The Hall–Kier alpha value is -6.96. The van der Waals surface area contributed by atoms with Gasteiger partial charge in [-0.1, -0.05) is 0 Å². The number of amidine groups is 1. The average Bonchev–Trinajstić information content (AvgIpc) is 3.73. The standard InChI is InChI=1S/C27H22N12O8/c40-24(18-6-8-22-30-34-36-38(22)32-18)28-20-12-14(2-4-16(20)26(42)43)46-10-1-11-47-15-3-5-17(27(44)45)21(13-15)29-25(41)19-7-9-23-31-35-37-39(23)33-19/h2-9,12-13,34,36H,1,10-11H2,(H,28,40)(H,29,41)(H,42,43)(H,44,45). The number of carboxylic acid groups (broad SMARTS) is 2. The third-order valence-corrected chi connectivity index (χ3v) is 6.44. The SMILES string of the molecule is O=C(Nc1cc(OCCCOc2ccc(C(=O)O)c(NC(=O)c3ccc4nnnn4n3)c2)ccc1C(=O)O)C1=NN2NNN=C2C=C1. The number of aromatic nitrogens is 5. The number of hydrazine groups is 2. The van der Waals surface area contributed by atoms with Crippen LogP contribution in [-0.4, -0.2) is 89.1 Å². The van der Waals surface area contributed by atoms with Crippen LogP contribution in [-0.2, 0) is 4.79 Å². The molecule has 6 rings (SSSR count). The minimum absolute atomic E-state index is 0.000457. The number of benzene rings is 2. The van der Waals surface area contributed by atoms with Crippen LogP contribution in [0.3, 0.4) is 0 Å². The van der Waals surface area contributed by atoms with Gasteiger partial charge in [0.1, 0.15) is 11.5 Å². The third kappa shape index (κ3) is 6.76. The predicted octanol–water partition coefficient (Wildman–Crippen LogP) is 0.519. The second kappa shape index (κ2) is 13.0. The van der Waals surface area contributed by atoms with Gasteiger partial charge in [0.05, 0.1) is 35.7 Å². The van der Waals surface area contributed by atoms with E-state index < -0.39 is 23.8 Å². The Bertz CT molecular complexity index is 2010. The summed E-state index contributed by atoms with van der Waals surface area (Å²) in [4.78, 5) is 49.1. The number of nitrogens with zero attached hydrogens (tertiary/aromatic N) is 8. The number of hydrogen-bond acceptors (Lipinski definition) is 15. The van der Waals surface area contributed by atoms with Gasteiger partial charge in [-0.25, -0.2) is 15.1 Å². The molecule has 0 fully saturated rings. The molecule has 47 heavy (non-hydrogen) atoms. The van der Waals surface area contributed by atoms with Crippen LogP contribution in [0.25, 0.3) is 5.65 Å². The number of carboxylic acids is 2. The molecule has 2 aromatic carbocycles. The van der Waals surface area contributed by atoms with E-state index in [-0.39, 0.29) is 58.6 Å². The van der Waals surface area contributed by atoms with Crippen LogP contribution in [0.5, 0.6) is 11.5 Å². The molecule has 4 aromatic rings. The summed E-state index contributed by atoms with van der Waals surface area (Å²) in [5.41, 5.74) is 5.04. The number of anilines is 2. The van der Waals surface area contributed by atoms with Crippen molar-refractivity contribution < 1.29 is 38.9 Å². The molecule has 0 bridgehead atoms. The smallest absolute Gasteiger partial charge is 0.337 e. The van der Waals surface area contributed by atoms with Gasteiger partial charge in [0.2, 0.25) is 0 Å². The zero-order valence-corrected chi connectivity index (χ0v) is 23.8. The highest BCUT2D eigenvalue weighted by molar-refractivity contribution is 6.48. The molecule has 0 radical (unpaired) electrons. The van der Waals surface area contributed by atoms with Crippen molar-refractivity contribution in [2.24, 2.45) is 10.2 Å². The summed E-state index contributed by atoms with van der Waals surface area (Å²) in [7, 11) is 0. The Balaban J connectivity index is 1.04. The maximum Gasteiger partial charge on any atom is 0.337 e. The van der Waals surface area contributed by atoms with Crippen molar-refractivity contribution in [3.63, 3.8) is 0 Å². The van der Waals surface area contributed by atoms with Crippen molar-refractivity contribution in [1.29, 1.82) is 0 Å². The first-order valence-corrected chi connectivity index (χ1v) is 13.6. The predicted molar refractivity (Wildman–Crippen MR) is 160 cm³/mol. The van der Waals surface area contributed by atoms with Crippen molar-refractivity contribution in [2.45, 2.75) is 6.42 Å². The number of carbonyl (C=O) groups excluding carboxylic acids is 2. The topological polar surface area (TPSA) is 259 Å². The van der Waals surface area contributed by atoms with Crippen LogP contribution >= 0.6 is 0 Å². The van der Waals surface area contributed by atoms with E-state index in [4.69, 9.17) is 9.47 Å². The summed E-state index contributed by atoms with van der Waals surface area (Å²) in [6, 6.07) is 11.1. The van der Waals surface area contributed by atoms with E-state index in [1.165, 1.54) is 59.7 Å². The molecule has 20 heteroatoms. The third-order valence-electron chi connectivity index (χ3n) is 6.44. The first kappa shape index (κ1) is 30.1. The van der Waals surface area contributed by atoms with E-state index in [2.05, 4.69) is 52.5 Å². The van der Waals surface area contributed by atoms with Crippen molar-refractivity contribution in [3.05, 3.63) is 77.5 Å². The lowest BCUT2D eigenvalue weighted by Crippen LogP contribution is -2.40. The molecule has 6 N–H and O–H groups in total. The highest BCUT2D eigenvalue weighted by Crippen LogP contribution is 2.25. The average molecular weight is 643 g/mol. The van der Waals surface area contributed by atoms with Gasteiger partial charge >= 0.3 is 11.9 Å². The summed E-state index contributed by atoms with van der Waals surface area (Å²) in [6.07, 6.45) is 3.34. The molecule has 4 heterocycles. The molecule has 0 saturated carbocycles. The molecule has 2 amide bonds. The van der Waals surface area contributed by atoms with Gasteiger partial charge in [-0.15, -0.1) is 30.6 Å². The summed E-state index contributed by atoms with van der Waals surface area (Å²) in [5, 5.41) is 48.3. The first-order valence-electron chi connectivity index (χ1n) is 13.6. The highest BCUT2D eigenvalue weighted by Gasteiger charge is 2.23. The monoisotopic (exact) mass is 642 g/mol. The fourth-order valence-electron chi connectivity index (χ4n) is 4.22. The van der Waals surface area contributed by atoms with E-state index >= 15 is 0 Å². The quantitative estimate of drug-likeness (QED) is 0.115. The zero-order chi connectivity index (χ0) is 32.9. The number of hydrogen-bond donors (Lipinski definition) is 6. The van der Waals surface area contributed by atoms with Gasteiger partial charge in [0.15, 0.2) is 22.9 Å². The lowest BCUT2D eigenvalue weighted by atomic mass is 10.1. The number of carbonyl (C=O) groups is 4. The molecule has 2 aromatic heterocycles. The molecule has 0 unspecified atom stereocenters. The van der Waals surface area contributed by atoms with Gasteiger partial charge in [0.25, 0.3) is 11.8 Å². The van der Waals surface area contributed by atoms with E-state index in [0.29, 0.717) is 17.9 Å². The fourth-order valence-corrected chi connectivity index (χ4v) is 4.22. The number of hydrazone groups is 2. The van der Waals surface area contributed by atoms with E-state index in [0.717, 1.165) is 4.63 Å². The van der Waals surface area contributed by atoms with Crippen LogP contribution in [0.15, 0.2) is 70.9 Å². The number of tetrazole rings is 1. The molecular weight excluding hydrogens is 620 g/mol. The maximum absolute atomic E-state index is 12.8. The molecular formula is C27H22N12O8. The molecule has 2 aliphatic rings. The first-order chi connectivity index (χ1) is 22.7. The minimum Gasteiger partial charge on any atom is -0.493 e. The number of fused-ring (bicyclic) bond motifs is 2. The Morgan fingerprint density at radius 2 is 1.49 bits per heavy atom. The van der Waals surface area contributed by atoms with E-state index in [9.17, 15) is 29.4 Å². The summed E-state index contributed by atoms with van der Waals surface area (Å²) >= 11 is 0. The van der Waals surface area contributed by atoms with Crippen LogP contribution in [0.1, 0.15) is 37.6 Å². The second-order valence-electron chi connectivity index (χ2n) is 9.55. The number of ether oxygens (including phenoxy) is 2. The normalized spacial score (nSPS) is 13.2.